The zero-order valence-electron chi connectivity index (χ0n) is 10.6. The van der Waals surface area contributed by atoms with E-state index in [4.69, 9.17) is 22.1 Å². The number of fused-ring (bicyclic) bond motifs is 1. The molecule has 3 rings (SSSR count). The molecule has 0 amide bonds. The lowest BCUT2D eigenvalue weighted by Gasteiger charge is -2.11. The van der Waals surface area contributed by atoms with Crippen LogP contribution in [0.5, 0.6) is 5.75 Å². The lowest BCUT2D eigenvalue weighted by atomic mass is 10.1. The van der Waals surface area contributed by atoms with Crippen molar-refractivity contribution in [1.29, 1.82) is 0 Å². The van der Waals surface area contributed by atoms with Crippen molar-refractivity contribution >= 4 is 39.0 Å². The van der Waals surface area contributed by atoms with Gasteiger partial charge < -0.3 is 15.8 Å². The van der Waals surface area contributed by atoms with E-state index in [2.05, 4.69) is 32.3 Å². The molecule has 1 aliphatic rings. The van der Waals surface area contributed by atoms with Gasteiger partial charge in [-0.15, -0.1) is 0 Å². The van der Waals surface area contributed by atoms with Crippen molar-refractivity contribution in [3.05, 3.63) is 45.0 Å². The molecule has 0 atom stereocenters. The van der Waals surface area contributed by atoms with Gasteiger partial charge in [0.15, 0.2) is 0 Å². The Labute approximate surface area is 130 Å². The normalized spacial score (nSPS) is 12.9. The van der Waals surface area contributed by atoms with Gasteiger partial charge >= 0.3 is 0 Å². The Kier molecular flexibility index (Phi) is 3.72. The van der Waals surface area contributed by atoms with Crippen LogP contribution in [-0.2, 0) is 13.0 Å². The fourth-order valence-corrected chi connectivity index (χ4v) is 3.04. The number of nitrogens with zero attached hydrogens (tertiary/aromatic N) is 1. The van der Waals surface area contributed by atoms with Crippen molar-refractivity contribution in [3.63, 3.8) is 0 Å². The minimum Gasteiger partial charge on any atom is -0.493 e. The largest absolute Gasteiger partial charge is 0.493 e. The summed E-state index contributed by atoms with van der Waals surface area (Å²) < 4.78 is 6.74. The molecule has 6 heteroatoms. The van der Waals surface area contributed by atoms with Crippen LogP contribution in [0.1, 0.15) is 11.1 Å². The molecule has 2 heterocycles. The Morgan fingerprint density at radius 2 is 2.20 bits per heavy atom. The highest BCUT2D eigenvalue weighted by molar-refractivity contribution is 9.10. The lowest BCUT2D eigenvalue weighted by molar-refractivity contribution is 0.354. The van der Waals surface area contributed by atoms with Crippen LogP contribution in [0.4, 0.5) is 11.5 Å². The van der Waals surface area contributed by atoms with E-state index in [0.29, 0.717) is 23.2 Å². The molecule has 4 nitrogen and oxygen atoms in total. The van der Waals surface area contributed by atoms with E-state index in [1.165, 1.54) is 5.56 Å². The number of ether oxygens (including phenoxy) is 1. The molecule has 0 aliphatic carbocycles. The first-order valence-corrected chi connectivity index (χ1v) is 7.40. The van der Waals surface area contributed by atoms with Crippen LogP contribution in [0.25, 0.3) is 0 Å². The molecule has 0 unspecified atom stereocenters. The maximum Gasteiger partial charge on any atom is 0.133 e. The van der Waals surface area contributed by atoms with Gasteiger partial charge in [-0.2, -0.15) is 0 Å². The molecule has 1 aromatic carbocycles. The first kappa shape index (κ1) is 13.5. The fourth-order valence-electron chi connectivity index (χ4n) is 2.27. The molecule has 0 saturated carbocycles. The van der Waals surface area contributed by atoms with Crippen LogP contribution in [0, 0.1) is 0 Å². The summed E-state index contributed by atoms with van der Waals surface area (Å²) in [6, 6.07) is 7.52. The smallest absolute Gasteiger partial charge is 0.133 e. The second-order valence-corrected chi connectivity index (χ2v) is 5.92. The Morgan fingerprint density at radius 1 is 1.35 bits per heavy atom. The monoisotopic (exact) mass is 353 g/mol. The highest BCUT2D eigenvalue weighted by Gasteiger charge is 2.17. The molecular weight excluding hydrogens is 342 g/mol. The van der Waals surface area contributed by atoms with Crippen molar-refractivity contribution in [2.75, 3.05) is 17.7 Å². The number of hydrogen-bond acceptors (Lipinski definition) is 4. The average Bonchev–Trinajstić information content (AvgIpc) is 2.82. The van der Waals surface area contributed by atoms with E-state index in [-0.39, 0.29) is 0 Å². The average molecular weight is 355 g/mol. The molecule has 0 radical (unpaired) electrons. The zero-order chi connectivity index (χ0) is 14.1. The molecule has 0 spiro atoms. The zero-order valence-corrected chi connectivity index (χ0v) is 13.0. The predicted octanol–water partition coefficient (Wildman–Crippen LogP) is 3.63. The maximum absolute atomic E-state index is 5.89. The van der Waals surface area contributed by atoms with Crippen molar-refractivity contribution in [2.24, 2.45) is 0 Å². The van der Waals surface area contributed by atoms with Gasteiger partial charge in [0.25, 0.3) is 0 Å². The fraction of sp³-hybridized carbons (Fsp3) is 0.214. The molecule has 104 valence electrons. The molecule has 1 aromatic heterocycles. The number of halogens is 2. The number of aromatic nitrogens is 1. The second-order valence-electron chi connectivity index (χ2n) is 4.61. The summed E-state index contributed by atoms with van der Waals surface area (Å²) in [4.78, 5) is 4.19. The molecular formula is C14H13BrClN3O. The van der Waals surface area contributed by atoms with Gasteiger partial charge in [-0.1, -0.05) is 27.5 Å². The minimum absolute atomic E-state index is 0.378. The third-order valence-electron chi connectivity index (χ3n) is 3.10. The van der Waals surface area contributed by atoms with Gasteiger partial charge in [-0.05, 0) is 23.8 Å². The van der Waals surface area contributed by atoms with Crippen LogP contribution in [0.15, 0.2) is 28.7 Å². The van der Waals surface area contributed by atoms with E-state index in [1.807, 2.05) is 6.07 Å². The van der Waals surface area contributed by atoms with Crippen LogP contribution in [0.2, 0.25) is 5.15 Å². The van der Waals surface area contributed by atoms with Gasteiger partial charge in [0.1, 0.15) is 16.7 Å². The summed E-state index contributed by atoms with van der Waals surface area (Å²) in [7, 11) is 0. The SMILES string of the molecule is Nc1cc(Cl)nc(NCc2cc(Br)cc3c2OCC3)c1. The highest BCUT2D eigenvalue weighted by Crippen LogP contribution is 2.33. The number of rotatable bonds is 3. The van der Waals surface area contributed by atoms with E-state index < -0.39 is 0 Å². The number of anilines is 2. The molecule has 0 bridgehead atoms. The summed E-state index contributed by atoms with van der Waals surface area (Å²) in [6.45, 7) is 1.34. The molecule has 2 aromatic rings. The number of nitrogens with two attached hydrogens (primary N) is 1. The van der Waals surface area contributed by atoms with Gasteiger partial charge in [0, 0.05) is 34.8 Å². The van der Waals surface area contributed by atoms with Crippen LogP contribution in [0.3, 0.4) is 0 Å². The number of benzene rings is 1. The Bertz CT molecular complexity index is 643. The summed E-state index contributed by atoms with van der Waals surface area (Å²) >= 11 is 9.41. The van der Waals surface area contributed by atoms with Crippen LogP contribution < -0.4 is 15.8 Å². The molecule has 20 heavy (non-hydrogen) atoms. The van der Waals surface area contributed by atoms with Gasteiger partial charge in [-0.3, -0.25) is 0 Å². The summed E-state index contributed by atoms with van der Waals surface area (Å²) in [5, 5.41) is 3.60. The Morgan fingerprint density at radius 3 is 3.00 bits per heavy atom. The Balaban J connectivity index is 1.82. The standard InChI is InChI=1S/C14H13BrClN3O/c15-10-3-8-1-2-20-14(8)9(4-10)7-18-13-6-11(17)5-12(16)19-13/h3-6H,1-2,7H2,(H3,17,18,19). The Hall–Kier alpha value is -1.46. The van der Waals surface area contributed by atoms with Crippen molar-refractivity contribution < 1.29 is 4.74 Å². The first-order valence-electron chi connectivity index (χ1n) is 6.23. The number of nitrogens with one attached hydrogen (secondary N) is 1. The summed E-state index contributed by atoms with van der Waals surface area (Å²) in [5.74, 6) is 1.62. The van der Waals surface area contributed by atoms with Crippen molar-refractivity contribution in [1.82, 2.24) is 4.98 Å². The van der Waals surface area contributed by atoms with Crippen LogP contribution in [-0.4, -0.2) is 11.6 Å². The molecule has 0 saturated heterocycles. The van der Waals surface area contributed by atoms with E-state index in [0.717, 1.165) is 28.8 Å². The van der Waals surface area contributed by atoms with Gasteiger partial charge in [-0.25, -0.2) is 4.98 Å². The third kappa shape index (κ3) is 2.83. The molecule has 1 aliphatic heterocycles. The van der Waals surface area contributed by atoms with Gasteiger partial charge in [0.05, 0.1) is 6.61 Å². The number of nitrogen functional groups attached to an aromatic ring is 1. The summed E-state index contributed by atoms with van der Waals surface area (Å²) in [6.07, 6.45) is 0.949. The topological polar surface area (TPSA) is 60.2 Å². The van der Waals surface area contributed by atoms with Crippen molar-refractivity contribution in [3.8, 4) is 5.75 Å². The summed E-state index contributed by atoms with van der Waals surface area (Å²) in [5.41, 5.74) is 8.65. The molecule has 0 fully saturated rings. The number of hydrogen-bond donors (Lipinski definition) is 2. The lowest BCUT2D eigenvalue weighted by Crippen LogP contribution is -2.04. The second kappa shape index (κ2) is 5.50. The van der Waals surface area contributed by atoms with Gasteiger partial charge in [0.2, 0.25) is 0 Å². The number of pyridine rings is 1. The predicted molar refractivity (Wildman–Crippen MR) is 84.3 cm³/mol. The van der Waals surface area contributed by atoms with Crippen LogP contribution >= 0.6 is 27.5 Å². The van der Waals surface area contributed by atoms with E-state index in [9.17, 15) is 0 Å². The third-order valence-corrected chi connectivity index (χ3v) is 3.75. The van der Waals surface area contributed by atoms with E-state index >= 15 is 0 Å². The maximum atomic E-state index is 5.89. The van der Waals surface area contributed by atoms with E-state index in [1.54, 1.807) is 12.1 Å². The minimum atomic E-state index is 0.378. The highest BCUT2D eigenvalue weighted by atomic mass is 79.9. The first-order chi connectivity index (χ1) is 9.61. The van der Waals surface area contributed by atoms with Crippen molar-refractivity contribution in [2.45, 2.75) is 13.0 Å². The quantitative estimate of drug-likeness (QED) is 0.826. The molecule has 3 N–H and O–H groups in total.